The Kier molecular flexibility index (Phi) is 4.99. The first-order valence-electron chi connectivity index (χ1n) is 7.42. The number of nitrogens with zero attached hydrogens (tertiary/aromatic N) is 1. The molecule has 0 aromatic heterocycles. The van der Waals surface area contributed by atoms with Crippen LogP contribution in [0.3, 0.4) is 0 Å². The molecule has 1 aliphatic carbocycles. The number of hydrogen-bond donors (Lipinski definition) is 1. The van der Waals surface area contributed by atoms with Gasteiger partial charge in [0.25, 0.3) is 0 Å². The van der Waals surface area contributed by atoms with Gasteiger partial charge < -0.3 is 5.32 Å². The summed E-state index contributed by atoms with van der Waals surface area (Å²) in [5.74, 6) is 0. The molecule has 2 rings (SSSR count). The van der Waals surface area contributed by atoms with Crippen LogP contribution in [0.4, 0.5) is 0 Å². The van der Waals surface area contributed by atoms with E-state index in [9.17, 15) is 0 Å². The van der Waals surface area contributed by atoms with Gasteiger partial charge in [0.1, 0.15) is 0 Å². The Bertz CT molecular complexity index is 411. The fraction of sp³-hybridized carbons (Fsp3) is 0.588. The Morgan fingerprint density at radius 2 is 1.95 bits per heavy atom. The second kappa shape index (κ2) is 6.73. The normalized spacial score (nSPS) is 26.8. The molecule has 1 fully saturated rings. The summed E-state index contributed by atoms with van der Waals surface area (Å²) in [6, 6.07) is 13.6. The van der Waals surface area contributed by atoms with Crippen molar-refractivity contribution in [3.63, 3.8) is 0 Å². The number of nitriles is 1. The Hall–Kier alpha value is -1.33. The number of rotatable bonds is 5. The quantitative estimate of drug-likeness (QED) is 0.863. The van der Waals surface area contributed by atoms with Gasteiger partial charge in [-0.2, -0.15) is 5.26 Å². The highest BCUT2D eigenvalue weighted by atomic mass is 14.9. The minimum Gasteiger partial charge on any atom is -0.310 e. The van der Waals surface area contributed by atoms with Gasteiger partial charge in [0.15, 0.2) is 0 Å². The summed E-state index contributed by atoms with van der Waals surface area (Å²) in [5, 5.41) is 12.6. The van der Waals surface area contributed by atoms with Crippen LogP contribution in [-0.4, -0.2) is 6.04 Å². The zero-order valence-corrected chi connectivity index (χ0v) is 11.9. The summed E-state index contributed by atoms with van der Waals surface area (Å²) in [4.78, 5) is 0. The first kappa shape index (κ1) is 14.1. The monoisotopic (exact) mass is 256 g/mol. The highest BCUT2D eigenvalue weighted by Crippen LogP contribution is 2.41. The lowest BCUT2D eigenvalue weighted by Crippen LogP contribution is -2.37. The molecule has 19 heavy (non-hydrogen) atoms. The van der Waals surface area contributed by atoms with Crippen LogP contribution in [0, 0.1) is 16.7 Å². The smallest absolute Gasteiger partial charge is 0.0627 e. The predicted molar refractivity (Wildman–Crippen MR) is 78.5 cm³/mol. The second-order valence-electron chi connectivity index (χ2n) is 5.83. The van der Waals surface area contributed by atoms with Crippen molar-refractivity contribution in [1.82, 2.24) is 5.32 Å². The molecule has 0 aliphatic heterocycles. The molecule has 0 saturated heterocycles. The van der Waals surface area contributed by atoms with Crippen LogP contribution in [0.1, 0.15) is 51.0 Å². The molecule has 1 aromatic rings. The number of nitrogens with one attached hydrogen (secondary N) is 1. The zero-order valence-electron chi connectivity index (χ0n) is 11.9. The summed E-state index contributed by atoms with van der Waals surface area (Å²) in [5.41, 5.74) is 1.66. The van der Waals surface area contributed by atoms with Crippen LogP contribution in [0.15, 0.2) is 30.3 Å². The van der Waals surface area contributed by atoms with Crippen LogP contribution in [0.25, 0.3) is 0 Å². The number of benzene rings is 1. The van der Waals surface area contributed by atoms with Crippen molar-refractivity contribution in [3.8, 4) is 6.07 Å². The van der Waals surface area contributed by atoms with Crippen LogP contribution in [0.5, 0.6) is 0 Å². The average Bonchev–Trinajstić information content (AvgIpc) is 2.48. The molecule has 0 unspecified atom stereocenters. The van der Waals surface area contributed by atoms with Crippen LogP contribution < -0.4 is 5.32 Å². The maximum Gasteiger partial charge on any atom is 0.0627 e. The van der Waals surface area contributed by atoms with Crippen LogP contribution in [-0.2, 0) is 6.54 Å². The third kappa shape index (κ3) is 3.81. The van der Waals surface area contributed by atoms with E-state index in [1.807, 2.05) is 0 Å². The Balaban J connectivity index is 1.79. The van der Waals surface area contributed by atoms with E-state index in [0.29, 0.717) is 11.5 Å². The van der Waals surface area contributed by atoms with E-state index in [1.165, 1.54) is 31.2 Å². The molecule has 2 nitrogen and oxygen atoms in total. The van der Waals surface area contributed by atoms with Gasteiger partial charge in [-0.1, -0.05) is 37.3 Å². The van der Waals surface area contributed by atoms with Gasteiger partial charge in [-0.15, -0.1) is 0 Å². The van der Waals surface area contributed by atoms with E-state index >= 15 is 0 Å². The van der Waals surface area contributed by atoms with Gasteiger partial charge >= 0.3 is 0 Å². The fourth-order valence-electron chi connectivity index (χ4n) is 3.12. The molecule has 0 atom stereocenters. The molecule has 0 heterocycles. The van der Waals surface area contributed by atoms with Gasteiger partial charge in [-0.3, -0.25) is 0 Å². The topological polar surface area (TPSA) is 35.8 Å². The van der Waals surface area contributed by atoms with Gasteiger partial charge in [-0.05, 0) is 43.1 Å². The largest absolute Gasteiger partial charge is 0.310 e. The van der Waals surface area contributed by atoms with Gasteiger partial charge in [0, 0.05) is 19.0 Å². The Morgan fingerprint density at radius 1 is 1.26 bits per heavy atom. The molecule has 0 spiro atoms. The molecule has 1 N–H and O–H groups in total. The summed E-state index contributed by atoms with van der Waals surface area (Å²) < 4.78 is 0. The highest BCUT2D eigenvalue weighted by molar-refractivity contribution is 5.14. The van der Waals surface area contributed by atoms with E-state index in [4.69, 9.17) is 5.26 Å². The SMILES string of the molecule is CC[C@]1(CC#N)CC[C@@H](NCc2ccccc2)CC1. The van der Waals surface area contributed by atoms with E-state index < -0.39 is 0 Å². The first-order valence-corrected chi connectivity index (χ1v) is 7.42. The first-order chi connectivity index (χ1) is 9.28. The minimum atomic E-state index is 0.305. The fourth-order valence-corrected chi connectivity index (χ4v) is 3.12. The molecular weight excluding hydrogens is 232 g/mol. The molecule has 1 saturated carbocycles. The maximum atomic E-state index is 8.97. The Morgan fingerprint density at radius 3 is 2.53 bits per heavy atom. The molecule has 0 bridgehead atoms. The van der Waals surface area contributed by atoms with Crippen molar-refractivity contribution < 1.29 is 0 Å². The van der Waals surface area contributed by atoms with Crippen molar-refractivity contribution in [1.29, 1.82) is 5.26 Å². The lowest BCUT2D eigenvalue weighted by molar-refractivity contribution is 0.159. The summed E-state index contributed by atoms with van der Waals surface area (Å²) in [6.07, 6.45) is 6.69. The van der Waals surface area contributed by atoms with E-state index in [1.54, 1.807) is 0 Å². The second-order valence-corrected chi connectivity index (χ2v) is 5.83. The molecule has 0 amide bonds. The molecule has 1 aliphatic rings. The van der Waals surface area contributed by atoms with E-state index in [2.05, 4.69) is 48.6 Å². The third-order valence-electron chi connectivity index (χ3n) is 4.69. The molecule has 102 valence electrons. The average molecular weight is 256 g/mol. The van der Waals surface area contributed by atoms with Crippen molar-refractivity contribution in [2.45, 2.75) is 58.0 Å². The molecule has 2 heteroatoms. The highest BCUT2D eigenvalue weighted by Gasteiger charge is 2.33. The minimum absolute atomic E-state index is 0.305. The van der Waals surface area contributed by atoms with E-state index in [0.717, 1.165) is 19.4 Å². The Labute approximate surface area is 116 Å². The van der Waals surface area contributed by atoms with Gasteiger partial charge in [-0.25, -0.2) is 0 Å². The van der Waals surface area contributed by atoms with Crippen LogP contribution in [0.2, 0.25) is 0 Å². The van der Waals surface area contributed by atoms with Crippen molar-refractivity contribution in [2.75, 3.05) is 0 Å². The lowest BCUT2D eigenvalue weighted by Gasteiger charge is -2.38. The van der Waals surface area contributed by atoms with Gasteiger partial charge in [0.05, 0.1) is 6.07 Å². The van der Waals surface area contributed by atoms with Crippen molar-refractivity contribution in [3.05, 3.63) is 35.9 Å². The molecular formula is C17H24N2. The zero-order chi connectivity index (χ0) is 13.6. The summed E-state index contributed by atoms with van der Waals surface area (Å²) in [6.45, 7) is 3.19. The maximum absolute atomic E-state index is 8.97. The molecule has 1 aromatic carbocycles. The summed E-state index contributed by atoms with van der Waals surface area (Å²) >= 11 is 0. The standard InChI is InChI=1S/C17H24N2/c1-2-17(12-13-18)10-8-16(9-11-17)19-14-15-6-4-3-5-7-15/h3-7,16,19H,2,8-12,14H2,1H3/t16-,17+. The summed E-state index contributed by atoms with van der Waals surface area (Å²) in [7, 11) is 0. The van der Waals surface area contributed by atoms with Crippen molar-refractivity contribution in [2.24, 2.45) is 5.41 Å². The number of hydrogen-bond acceptors (Lipinski definition) is 2. The van der Waals surface area contributed by atoms with Crippen LogP contribution >= 0.6 is 0 Å². The lowest BCUT2D eigenvalue weighted by atomic mass is 9.69. The van der Waals surface area contributed by atoms with Crippen molar-refractivity contribution >= 4 is 0 Å². The van der Waals surface area contributed by atoms with E-state index in [-0.39, 0.29) is 0 Å². The predicted octanol–water partition coefficient (Wildman–Crippen LogP) is 4.03. The molecule has 0 radical (unpaired) electrons. The van der Waals surface area contributed by atoms with Gasteiger partial charge in [0.2, 0.25) is 0 Å². The third-order valence-corrected chi connectivity index (χ3v) is 4.69.